The number of rotatable bonds is 3. The Hall–Kier alpha value is -1.03. The van der Waals surface area contributed by atoms with E-state index in [0.29, 0.717) is 15.3 Å². The van der Waals surface area contributed by atoms with E-state index in [0.717, 1.165) is 36.3 Å². The average molecular weight is 343 g/mol. The molecule has 6 heteroatoms. The molecule has 3 rings (SSSR count). The fourth-order valence-electron chi connectivity index (χ4n) is 2.59. The Kier molecular flexibility index (Phi) is 4.25. The Balaban J connectivity index is 1.88. The lowest BCUT2D eigenvalue weighted by molar-refractivity contribution is 0.863. The van der Waals surface area contributed by atoms with Gasteiger partial charge < -0.3 is 5.32 Å². The van der Waals surface area contributed by atoms with Gasteiger partial charge >= 0.3 is 0 Å². The summed E-state index contributed by atoms with van der Waals surface area (Å²) >= 11 is 18.0. The predicted molar refractivity (Wildman–Crippen MR) is 87.6 cm³/mol. The molecule has 110 valence electrons. The molecule has 1 N–H and O–H groups in total. The molecule has 0 amide bonds. The molecule has 3 nitrogen and oxygen atoms in total. The summed E-state index contributed by atoms with van der Waals surface area (Å²) in [7, 11) is 0. The van der Waals surface area contributed by atoms with Crippen LogP contribution >= 0.6 is 34.8 Å². The van der Waals surface area contributed by atoms with Crippen molar-refractivity contribution in [1.29, 1.82) is 0 Å². The van der Waals surface area contributed by atoms with Crippen LogP contribution in [0.5, 0.6) is 0 Å². The minimum absolute atomic E-state index is 0.0513. The van der Waals surface area contributed by atoms with Gasteiger partial charge in [-0.15, -0.1) is 0 Å². The summed E-state index contributed by atoms with van der Waals surface area (Å²) in [5, 5.41) is 4.80. The lowest BCUT2D eigenvalue weighted by atomic mass is 10.1. The summed E-state index contributed by atoms with van der Waals surface area (Å²) in [6, 6.07) is 5.67. The quantitative estimate of drug-likeness (QED) is 0.789. The predicted octanol–water partition coefficient (Wildman–Crippen LogP) is 5.10. The third-order valence-corrected chi connectivity index (χ3v) is 4.61. The molecule has 2 aromatic rings. The van der Waals surface area contributed by atoms with Gasteiger partial charge in [0.25, 0.3) is 0 Å². The highest BCUT2D eigenvalue weighted by Gasteiger charge is 2.20. The highest BCUT2D eigenvalue weighted by Crippen LogP contribution is 2.31. The van der Waals surface area contributed by atoms with Crippen molar-refractivity contribution in [2.45, 2.75) is 32.2 Å². The van der Waals surface area contributed by atoms with Gasteiger partial charge in [0.15, 0.2) is 0 Å². The van der Waals surface area contributed by atoms with Crippen LogP contribution < -0.4 is 5.32 Å². The van der Waals surface area contributed by atoms with Gasteiger partial charge in [-0.3, -0.25) is 0 Å². The van der Waals surface area contributed by atoms with Gasteiger partial charge in [0.05, 0.1) is 21.8 Å². The Morgan fingerprint density at radius 2 is 1.90 bits per heavy atom. The first kappa shape index (κ1) is 14.9. The first-order valence-electron chi connectivity index (χ1n) is 6.81. The molecule has 0 fully saturated rings. The van der Waals surface area contributed by atoms with Crippen molar-refractivity contribution >= 4 is 40.6 Å². The topological polar surface area (TPSA) is 37.8 Å². The number of fused-ring (bicyclic) bond motifs is 1. The average Bonchev–Trinajstić information content (AvgIpc) is 2.90. The van der Waals surface area contributed by atoms with Crippen LogP contribution in [0.25, 0.3) is 0 Å². The molecule has 0 aliphatic heterocycles. The number of hydrogen-bond donors (Lipinski definition) is 1. The zero-order chi connectivity index (χ0) is 15.0. The number of aryl methyl sites for hydroxylation is 1. The number of nitrogens with one attached hydrogen (secondary N) is 1. The van der Waals surface area contributed by atoms with Crippen molar-refractivity contribution in [3.63, 3.8) is 0 Å². The van der Waals surface area contributed by atoms with Crippen LogP contribution in [-0.4, -0.2) is 9.97 Å². The van der Waals surface area contributed by atoms with Gasteiger partial charge in [0.2, 0.25) is 5.28 Å². The van der Waals surface area contributed by atoms with E-state index in [1.807, 2.05) is 12.1 Å². The molecule has 0 unspecified atom stereocenters. The molecule has 1 heterocycles. The molecular weight excluding hydrogens is 329 g/mol. The van der Waals surface area contributed by atoms with Crippen molar-refractivity contribution in [3.05, 3.63) is 50.3 Å². The van der Waals surface area contributed by atoms with Crippen LogP contribution in [-0.2, 0) is 12.8 Å². The second-order valence-corrected chi connectivity index (χ2v) is 6.31. The van der Waals surface area contributed by atoms with Crippen LogP contribution in [0.1, 0.15) is 36.2 Å². The largest absolute Gasteiger partial charge is 0.363 e. The lowest BCUT2D eigenvalue weighted by Gasteiger charge is -2.18. The summed E-state index contributed by atoms with van der Waals surface area (Å²) in [5.41, 5.74) is 3.27. The summed E-state index contributed by atoms with van der Waals surface area (Å²) in [5.74, 6) is 0.820. The maximum Gasteiger partial charge on any atom is 0.224 e. The number of halogens is 3. The normalized spacial score (nSPS) is 14.9. The molecule has 1 atom stereocenters. The van der Waals surface area contributed by atoms with E-state index >= 15 is 0 Å². The van der Waals surface area contributed by atoms with Crippen molar-refractivity contribution in [1.82, 2.24) is 9.97 Å². The minimum Gasteiger partial charge on any atom is -0.363 e. The second-order valence-electron chi connectivity index (χ2n) is 5.16. The molecule has 1 aliphatic carbocycles. The molecule has 1 aromatic heterocycles. The van der Waals surface area contributed by atoms with E-state index in [1.54, 1.807) is 6.07 Å². The number of benzene rings is 1. The molecule has 0 radical (unpaired) electrons. The highest BCUT2D eigenvalue weighted by molar-refractivity contribution is 6.42. The van der Waals surface area contributed by atoms with Gasteiger partial charge in [-0.25, -0.2) is 9.97 Å². The van der Waals surface area contributed by atoms with Crippen LogP contribution in [0.15, 0.2) is 18.2 Å². The van der Waals surface area contributed by atoms with Crippen molar-refractivity contribution in [2.75, 3.05) is 5.32 Å². The van der Waals surface area contributed by atoms with Crippen LogP contribution in [0.3, 0.4) is 0 Å². The molecule has 0 spiro atoms. The van der Waals surface area contributed by atoms with E-state index in [1.165, 1.54) is 5.56 Å². The number of anilines is 1. The SMILES string of the molecule is C[C@H](Nc1nc(Cl)nc2c1CCC2)c1ccc(Cl)c(Cl)c1. The number of nitrogens with zero attached hydrogens (tertiary/aromatic N) is 2. The summed E-state index contributed by atoms with van der Waals surface area (Å²) in [4.78, 5) is 8.63. The summed E-state index contributed by atoms with van der Waals surface area (Å²) < 4.78 is 0. The first-order valence-corrected chi connectivity index (χ1v) is 7.95. The third-order valence-electron chi connectivity index (χ3n) is 3.70. The highest BCUT2D eigenvalue weighted by atomic mass is 35.5. The van der Waals surface area contributed by atoms with E-state index in [4.69, 9.17) is 34.8 Å². The summed E-state index contributed by atoms with van der Waals surface area (Å²) in [6.07, 6.45) is 3.05. The summed E-state index contributed by atoms with van der Waals surface area (Å²) in [6.45, 7) is 2.05. The van der Waals surface area contributed by atoms with Crippen LogP contribution in [0.4, 0.5) is 5.82 Å². The van der Waals surface area contributed by atoms with Gasteiger partial charge in [-0.05, 0) is 55.5 Å². The Labute approximate surface area is 138 Å². The van der Waals surface area contributed by atoms with E-state index < -0.39 is 0 Å². The van der Waals surface area contributed by atoms with Crippen molar-refractivity contribution < 1.29 is 0 Å². The molecule has 1 aliphatic rings. The minimum atomic E-state index is 0.0513. The third kappa shape index (κ3) is 3.10. The van der Waals surface area contributed by atoms with E-state index in [-0.39, 0.29) is 6.04 Å². The molecule has 1 aromatic carbocycles. The smallest absolute Gasteiger partial charge is 0.224 e. The lowest BCUT2D eigenvalue weighted by Crippen LogP contribution is -2.11. The van der Waals surface area contributed by atoms with Crippen molar-refractivity contribution in [2.24, 2.45) is 0 Å². The molecular formula is C15H14Cl3N3. The standard InChI is InChI=1S/C15H14Cl3N3/c1-8(9-5-6-11(16)12(17)7-9)19-14-10-3-2-4-13(10)20-15(18)21-14/h5-8H,2-4H2,1H3,(H,19,20,21)/t8-/m0/s1. The molecule has 0 bridgehead atoms. The maximum atomic E-state index is 6.07. The van der Waals surface area contributed by atoms with E-state index in [9.17, 15) is 0 Å². The fraction of sp³-hybridized carbons (Fsp3) is 0.333. The monoisotopic (exact) mass is 341 g/mol. The molecule has 0 saturated carbocycles. The van der Waals surface area contributed by atoms with Crippen LogP contribution in [0.2, 0.25) is 15.3 Å². The van der Waals surface area contributed by atoms with Gasteiger partial charge in [-0.2, -0.15) is 0 Å². The van der Waals surface area contributed by atoms with Gasteiger partial charge in [0, 0.05) is 5.56 Å². The zero-order valence-electron chi connectivity index (χ0n) is 11.5. The maximum absolute atomic E-state index is 6.07. The van der Waals surface area contributed by atoms with Crippen LogP contribution in [0, 0.1) is 0 Å². The Bertz CT molecular complexity index is 688. The number of aromatic nitrogens is 2. The fourth-order valence-corrected chi connectivity index (χ4v) is 3.08. The van der Waals surface area contributed by atoms with E-state index in [2.05, 4.69) is 22.2 Å². The van der Waals surface area contributed by atoms with Gasteiger partial charge in [0.1, 0.15) is 5.82 Å². The Morgan fingerprint density at radius 3 is 2.67 bits per heavy atom. The molecule has 21 heavy (non-hydrogen) atoms. The second kappa shape index (κ2) is 5.99. The first-order chi connectivity index (χ1) is 10.0. The van der Waals surface area contributed by atoms with Gasteiger partial charge in [-0.1, -0.05) is 29.3 Å². The zero-order valence-corrected chi connectivity index (χ0v) is 13.7. The van der Waals surface area contributed by atoms with Crippen molar-refractivity contribution in [3.8, 4) is 0 Å². The number of hydrogen-bond acceptors (Lipinski definition) is 3. The molecule has 0 saturated heterocycles. The Morgan fingerprint density at radius 1 is 1.10 bits per heavy atom.